The van der Waals surface area contributed by atoms with E-state index in [-0.39, 0.29) is 17.0 Å². The van der Waals surface area contributed by atoms with Crippen molar-refractivity contribution in [2.75, 3.05) is 6.54 Å². The highest BCUT2D eigenvalue weighted by atomic mass is 16.7. The summed E-state index contributed by atoms with van der Waals surface area (Å²) >= 11 is 0. The van der Waals surface area contributed by atoms with E-state index in [1.165, 1.54) is 0 Å². The van der Waals surface area contributed by atoms with Crippen molar-refractivity contribution in [3.8, 4) is 5.75 Å². The number of aromatic nitrogens is 1. The molecule has 0 bridgehead atoms. The number of rotatable bonds is 4. The Hall–Kier alpha value is -1.37. The summed E-state index contributed by atoms with van der Waals surface area (Å²) in [5.41, 5.74) is 6.16. The van der Waals surface area contributed by atoms with Gasteiger partial charge in [-0.15, -0.1) is 0 Å². The average molecular weight is 290 g/mol. The summed E-state index contributed by atoms with van der Waals surface area (Å²) < 4.78 is 11.7. The summed E-state index contributed by atoms with van der Waals surface area (Å²) in [5.74, 6) is 1.99. The molecule has 1 aromatic rings. The summed E-state index contributed by atoms with van der Waals surface area (Å²) in [6.45, 7) is 8.50. The van der Waals surface area contributed by atoms with Gasteiger partial charge in [-0.05, 0) is 45.9 Å². The Morgan fingerprint density at radius 2 is 1.90 bits per heavy atom. The van der Waals surface area contributed by atoms with E-state index < -0.39 is 7.12 Å². The number of pyridine rings is 1. The van der Waals surface area contributed by atoms with Gasteiger partial charge in [0.25, 0.3) is 0 Å². The lowest BCUT2D eigenvalue weighted by Crippen LogP contribution is -2.41. The van der Waals surface area contributed by atoms with Crippen LogP contribution in [-0.2, 0) is 15.7 Å². The zero-order valence-electron chi connectivity index (χ0n) is 13.1. The van der Waals surface area contributed by atoms with Gasteiger partial charge in [0.2, 0.25) is 0 Å². The van der Waals surface area contributed by atoms with E-state index in [4.69, 9.17) is 15.0 Å². The van der Waals surface area contributed by atoms with Gasteiger partial charge in [0.15, 0.2) is 0 Å². The van der Waals surface area contributed by atoms with Crippen molar-refractivity contribution in [3.63, 3.8) is 0 Å². The van der Waals surface area contributed by atoms with Crippen LogP contribution < -0.4 is 5.73 Å². The summed E-state index contributed by atoms with van der Waals surface area (Å²) in [6, 6.07) is 1.67. The van der Waals surface area contributed by atoms with Gasteiger partial charge in [-0.25, -0.2) is 0 Å². The molecule has 5 nitrogen and oxygen atoms in total. The van der Waals surface area contributed by atoms with Crippen LogP contribution in [0.3, 0.4) is 0 Å². The van der Waals surface area contributed by atoms with Crippen molar-refractivity contribution < 1.29 is 14.4 Å². The molecule has 0 radical (unpaired) electrons. The Balaban J connectivity index is 2.07. The minimum atomic E-state index is -0.402. The zero-order chi connectivity index (χ0) is 15.7. The first-order chi connectivity index (χ1) is 9.75. The number of aromatic hydroxyl groups is 1. The van der Waals surface area contributed by atoms with Crippen LogP contribution in [0.5, 0.6) is 5.75 Å². The largest absolute Gasteiger partial charge is 0.506 e. The third-order valence-corrected chi connectivity index (χ3v) is 4.07. The molecule has 0 aliphatic carbocycles. The van der Waals surface area contributed by atoms with E-state index in [0.717, 1.165) is 5.56 Å². The lowest BCUT2D eigenvalue weighted by Gasteiger charge is -2.32. The molecule has 1 aromatic heterocycles. The maximum Gasteiger partial charge on any atom is 0.487 e. The molecular formula is C15H23BN2O3. The second-order valence-corrected chi connectivity index (χ2v) is 6.26. The molecule has 2 rings (SSSR count). The molecule has 0 atom stereocenters. The minimum Gasteiger partial charge on any atom is -0.506 e. The van der Waals surface area contributed by atoms with Gasteiger partial charge < -0.3 is 20.1 Å². The van der Waals surface area contributed by atoms with Gasteiger partial charge in [0.05, 0.1) is 16.9 Å². The Bertz CT molecular complexity index is 528. The van der Waals surface area contributed by atoms with Crippen LogP contribution in [0, 0.1) is 0 Å². The van der Waals surface area contributed by atoms with E-state index in [1.54, 1.807) is 12.3 Å². The first-order valence-electron chi connectivity index (χ1n) is 7.17. The van der Waals surface area contributed by atoms with Crippen molar-refractivity contribution >= 4 is 13.2 Å². The Kier molecular flexibility index (Phi) is 4.42. The molecule has 0 aromatic carbocycles. The molecule has 6 heteroatoms. The van der Waals surface area contributed by atoms with E-state index in [1.807, 2.05) is 39.7 Å². The third kappa shape index (κ3) is 3.45. The quantitative estimate of drug-likeness (QED) is 0.828. The number of hydrogen-bond donors (Lipinski definition) is 2. The van der Waals surface area contributed by atoms with Gasteiger partial charge in [-0.3, -0.25) is 4.98 Å². The van der Waals surface area contributed by atoms with Crippen LogP contribution in [-0.4, -0.2) is 35.0 Å². The maximum absolute atomic E-state index is 9.87. The van der Waals surface area contributed by atoms with E-state index in [9.17, 15) is 5.11 Å². The molecule has 0 spiro atoms. The van der Waals surface area contributed by atoms with Gasteiger partial charge in [0, 0.05) is 12.6 Å². The van der Waals surface area contributed by atoms with Crippen molar-refractivity contribution in [3.05, 3.63) is 29.5 Å². The van der Waals surface area contributed by atoms with Crippen molar-refractivity contribution in [2.45, 2.75) is 45.3 Å². The number of nitrogens with zero attached hydrogens (tertiary/aromatic N) is 1. The normalized spacial score (nSPS) is 20.3. The zero-order valence-corrected chi connectivity index (χ0v) is 13.1. The smallest absolute Gasteiger partial charge is 0.487 e. The van der Waals surface area contributed by atoms with Crippen molar-refractivity contribution in [1.82, 2.24) is 4.98 Å². The molecule has 3 N–H and O–H groups in total. The molecule has 1 aliphatic rings. The fourth-order valence-corrected chi connectivity index (χ4v) is 2.07. The Morgan fingerprint density at radius 1 is 1.29 bits per heavy atom. The molecule has 1 fully saturated rings. The summed E-state index contributed by atoms with van der Waals surface area (Å²) in [7, 11) is -0.402. The summed E-state index contributed by atoms with van der Waals surface area (Å²) in [4.78, 5) is 4.21. The van der Waals surface area contributed by atoms with Crippen LogP contribution in [0.4, 0.5) is 0 Å². The monoisotopic (exact) mass is 290 g/mol. The van der Waals surface area contributed by atoms with Crippen LogP contribution in [0.1, 0.15) is 39.0 Å². The highest BCUT2D eigenvalue weighted by molar-refractivity contribution is 6.52. The molecule has 0 amide bonds. The second-order valence-electron chi connectivity index (χ2n) is 6.26. The first-order valence-corrected chi connectivity index (χ1v) is 7.17. The topological polar surface area (TPSA) is 77.6 Å². The highest BCUT2D eigenvalue weighted by Gasteiger charge is 2.49. The Labute approximate surface area is 126 Å². The van der Waals surface area contributed by atoms with Crippen LogP contribution in [0.25, 0.3) is 6.08 Å². The molecule has 1 saturated heterocycles. The number of hydrogen-bond acceptors (Lipinski definition) is 5. The van der Waals surface area contributed by atoms with Crippen LogP contribution >= 0.6 is 0 Å². The average Bonchev–Trinajstić information content (AvgIpc) is 2.58. The molecule has 1 aliphatic heterocycles. The van der Waals surface area contributed by atoms with Gasteiger partial charge in [-0.2, -0.15) is 0 Å². The van der Waals surface area contributed by atoms with Crippen molar-refractivity contribution in [2.24, 2.45) is 5.73 Å². The van der Waals surface area contributed by atoms with Gasteiger partial charge in [0.1, 0.15) is 5.75 Å². The van der Waals surface area contributed by atoms with E-state index in [2.05, 4.69) is 4.98 Å². The highest BCUT2D eigenvalue weighted by Crippen LogP contribution is 2.37. The SMILES string of the molecule is CC1(C)OB(/C=C/c2cnc(CCN)c(O)c2)OC1(C)C. The van der Waals surface area contributed by atoms with E-state index in [0.29, 0.717) is 18.7 Å². The Morgan fingerprint density at radius 3 is 2.43 bits per heavy atom. The summed E-state index contributed by atoms with van der Waals surface area (Å²) in [5, 5.41) is 9.87. The minimum absolute atomic E-state index is 0.163. The van der Waals surface area contributed by atoms with Crippen molar-refractivity contribution in [1.29, 1.82) is 0 Å². The summed E-state index contributed by atoms with van der Waals surface area (Å²) in [6.07, 6.45) is 4.10. The molecule has 21 heavy (non-hydrogen) atoms. The van der Waals surface area contributed by atoms with E-state index >= 15 is 0 Å². The maximum atomic E-state index is 9.87. The lowest BCUT2D eigenvalue weighted by atomic mass is 9.89. The standard InChI is InChI=1S/C15H23BN2O3/c1-14(2)15(3,4)21-16(20-14)7-5-11-9-13(19)12(6-8-17)18-10-11/h5,7,9-10,19H,6,8,17H2,1-4H3/b7-5+. The molecule has 114 valence electrons. The van der Waals surface area contributed by atoms with Crippen LogP contribution in [0.2, 0.25) is 0 Å². The third-order valence-electron chi connectivity index (χ3n) is 4.07. The lowest BCUT2D eigenvalue weighted by molar-refractivity contribution is 0.00578. The van der Waals surface area contributed by atoms with Crippen LogP contribution in [0.15, 0.2) is 18.2 Å². The predicted molar refractivity (Wildman–Crippen MR) is 83.8 cm³/mol. The number of nitrogens with two attached hydrogens (primary N) is 1. The first kappa shape index (κ1) is 16.0. The molecule has 0 saturated carbocycles. The fraction of sp³-hybridized carbons (Fsp3) is 0.533. The predicted octanol–water partition coefficient (Wildman–Crippen LogP) is 1.93. The molecular weight excluding hydrogens is 267 g/mol. The van der Waals surface area contributed by atoms with Gasteiger partial charge >= 0.3 is 7.12 Å². The fourth-order valence-electron chi connectivity index (χ4n) is 2.07. The second kappa shape index (κ2) is 5.79. The van der Waals surface area contributed by atoms with Gasteiger partial charge in [-0.1, -0.05) is 12.1 Å². The molecule has 0 unspecified atom stereocenters. The molecule has 2 heterocycles.